The molecule has 0 aliphatic rings. The number of methoxy groups -OCH3 is 1. The molecule has 3 rings (SSSR count). The summed E-state index contributed by atoms with van der Waals surface area (Å²) in [4.78, 5) is 12.0. The number of hydrogen-bond acceptors (Lipinski definition) is 4. The molecule has 0 unspecified atom stereocenters. The van der Waals surface area contributed by atoms with E-state index in [0.717, 1.165) is 5.39 Å². The third kappa shape index (κ3) is 3.37. The van der Waals surface area contributed by atoms with Crippen LogP contribution in [0.2, 0.25) is 10.0 Å². The molecule has 0 aliphatic heterocycles. The Labute approximate surface area is 147 Å². The fraction of sp³-hybridized carbons (Fsp3) is 0.0588. The van der Waals surface area contributed by atoms with Crippen molar-refractivity contribution < 1.29 is 13.9 Å². The molecule has 24 heavy (non-hydrogen) atoms. The number of amides is 1. The van der Waals surface area contributed by atoms with Gasteiger partial charge >= 0.3 is 5.91 Å². The maximum absolute atomic E-state index is 12.0. The van der Waals surface area contributed by atoms with Gasteiger partial charge in [0, 0.05) is 5.39 Å². The van der Waals surface area contributed by atoms with Gasteiger partial charge in [0.1, 0.15) is 5.58 Å². The first-order valence-electron chi connectivity index (χ1n) is 6.93. The van der Waals surface area contributed by atoms with E-state index in [1.807, 2.05) is 18.2 Å². The van der Waals surface area contributed by atoms with Gasteiger partial charge in [0.25, 0.3) is 0 Å². The summed E-state index contributed by atoms with van der Waals surface area (Å²) in [5.41, 5.74) is 3.66. The zero-order valence-electron chi connectivity index (χ0n) is 12.5. The molecular formula is C17H12Cl2N2O3. The molecule has 5 nitrogen and oxygen atoms in total. The van der Waals surface area contributed by atoms with E-state index in [2.05, 4.69) is 10.5 Å². The van der Waals surface area contributed by atoms with Crippen LogP contribution in [0.4, 0.5) is 0 Å². The summed E-state index contributed by atoms with van der Waals surface area (Å²) in [6, 6.07) is 12.3. The van der Waals surface area contributed by atoms with Crippen LogP contribution in [0, 0.1) is 0 Å². The first-order chi connectivity index (χ1) is 11.6. The number of rotatable bonds is 4. The molecule has 0 fully saturated rings. The van der Waals surface area contributed by atoms with Crippen molar-refractivity contribution in [1.82, 2.24) is 5.43 Å². The average molecular weight is 363 g/mol. The van der Waals surface area contributed by atoms with Crippen molar-refractivity contribution in [2.75, 3.05) is 7.11 Å². The molecule has 122 valence electrons. The highest BCUT2D eigenvalue weighted by atomic mass is 35.5. The van der Waals surface area contributed by atoms with E-state index in [-0.39, 0.29) is 5.76 Å². The van der Waals surface area contributed by atoms with Crippen molar-refractivity contribution in [2.45, 2.75) is 0 Å². The minimum atomic E-state index is -0.451. The molecule has 0 saturated heterocycles. The van der Waals surface area contributed by atoms with E-state index in [4.69, 9.17) is 32.4 Å². The molecule has 1 amide bonds. The van der Waals surface area contributed by atoms with Crippen LogP contribution in [-0.2, 0) is 0 Å². The van der Waals surface area contributed by atoms with E-state index < -0.39 is 5.91 Å². The van der Waals surface area contributed by atoms with Crippen molar-refractivity contribution >= 4 is 46.3 Å². The number of nitrogens with zero attached hydrogens (tertiary/aromatic N) is 1. The Bertz CT molecular complexity index is 878. The van der Waals surface area contributed by atoms with Crippen molar-refractivity contribution in [2.24, 2.45) is 5.10 Å². The van der Waals surface area contributed by atoms with Crippen molar-refractivity contribution in [3.63, 3.8) is 0 Å². The second-order valence-corrected chi connectivity index (χ2v) is 5.68. The Kier molecular flexibility index (Phi) is 4.74. The van der Waals surface area contributed by atoms with Gasteiger partial charge in [-0.15, -0.1) is 0 Å². The number of carbonyl (C=O) groups excluding carboxylic acids is 1. The van der Waals surface area contributed by atoms with E-state index in [1.54, 1.807) is 24.3 Å². The smallest absolute Gasteiger partial charge is 0.307 e. The molecule has 3 aromatic rings. The van der Waals surface area contributed by atoms with Gasteiger partial charge in [-0.25, -0.2) is 5.43 Å². The van der Waals surface area contributed by atoms with Gasteiger partial charge in [-0.05, 0) is 29.8 Å². The number of halogens is 2. The van der Waals surface area contributed by atoms with Crippen molar-refractivity contribution in [3.05, 3.63) is 63.8 Å². The lowest BCUT2D eigenvalue weighted by molar-refractivity contribution is 0.0929. The van der Waals surface area contributed by atoms with Crippen molar-refractivity contribution in [1.29, 1.82) is 0 Å². The molecule has 1 N–H and O–H groups in total. The van der Waals surface area contributed by atoms with Crippen LogP contribution in [0.15, 0.2) is 52.0 Å². The molecule has 7 heteroatoms. The van der Waals surface area contributed by atoms with Gasteiger partial charge < -0.3 is 9.15 Å². The monoisotopic (exact) mass is 362 g/mol. The van der Waals surface area contributed by atoms with Crippen LogP contribution in [0.3, 0.4) is 0 Å². The molecule has 0 atom stereocenters. The van der Waals surface area contributed by atoms with Gasteiger partial charge in [0.05, 0.1) is 23.4 Å². The Morgan fingerprint density at radius 2 is 1.92 bits per heavy atom. The normalized spacial score (nSPS) is 11.1. The second-order valence-electron chi connectivity index (χ2n) is 4.87. The highest BCUT2D eigenvalue weighted by Gasteiger charge is 2.11. The summed E-state index contributed by atoms with van der Waals surface area (Å²) < 4.78 is 10.5. The lowest BCUT2D eigenvalue weighted by Crippen LogP contribution is -2.16. The van der Waals surface area contributed by atoms with Crippen molar-refractivity contribution in [3.8, 4) is 5.75 Å². The summed E-state index contributed by atoms with van der Waals surface area (Å²) in [7, 11) is 1.48. The average Bonchev–Trinajstić information content (AvgIpc) is 2.98. The van der Waals surface area contributed by atoms with E-state index in [0.29, 0.717) is 26.9 Å². The number of fused-ring (bicyclic) bond motifs is 1. The summed E-state index contributed by atoms with van der Waals surface area (Å²) in [5, 5.41) is 5.44. The van der Waals surface area contributed by atoms with Crippen LogP contribution >= 0.6 is 23.2 Å². The Morgan fingerprint density at radius 3 is 2.58 bits per heavy atom. The molecule has 0 bridgehead atoms. The van der Waals surface area contributed by atoms with Crippen LogP contribution < -0.4 is 10.2 Å². The lowest BCUT2D eigenvalue weighted by Gasteiger charge is -2.06. The van der Waals surface area contributed by atoms with E-state index in [9.17, 15) is 4.79 Å². The summed E-state index contributed by atoms with van der Waals surface area (Å²) in [5.74, 6) is 0.120. The lowest BCUT2D eigenvalue weighted by atomic mass is 10.2. The summed E-state index contributed by atoms with van der Waals surface area (Å²) >= 11 is 12.1. The number of nitrogens with one attached hydrogen (secondary N) is 1. The predicted molar refractivity (Wildman–Crippen MR) is 94.3 cm³/mol. The van der Waals surface area contributed by atoms with Gasteiger partial charge in [0.15, 0.2) is 11.5 Å². The van der Waals surface area contributed by atoms with Gasteiger partial charge in [-0.1, -0.05) is 41.4 Å². The minimum absolute atomic E-state index is 0.180. The predicted octanol–water partition coefficient (Wildman–Crippen LogP) is 4.51. The Hall–Kier alpha value is -2.50. The molecule has 0 aliphatic carbocycles. The molecule has 0 spiro atoms. The number of hydrogen-bond donors (Lipinski definition) is 1. The van der Waals surface area contributed by atoms with Crippen LogP contribution in [-0.4, -0.2) is 19.2 Å². The highest BCUT2D eigenvalue weighted by Crippen LogP contribution is 2.33. The van der Waals surface area contributed by atoms with Crippen LogP contribution in [0.25, 0.3) is 11.0 Å². The zero-order chi connectivity index (χ0) is 17.1. The first-order valence-corrected chi connectivity index (χ1v) is 7.69. The molecular weight excluding hydrogens is 351 g/mol. The van der Waals surface area contributed by atoms with E-state index >= 15 is 0 Å². The van der Waals surface area contributed by atoms with E-state index in [1.165, 1.54) is 13.3 Å². The quantitative estimate of drug-likeness (QED) is 0.548. The standard InChI is InChI=1S/C17H12Cl2N2O3/c1-23-16-12(18)6-10(7-13(16)19)9-20-21-17(22)15-8-11-4-2-3-5-14(11)24-15/h2-9H,1H3,(H,21,22)/b20-9+. The van der Waals surface area contributed by atoms with Gasteiger partial charge in [0.2, 0.25) is 0 Å². The third-order valence-electron chi connectivity index (χ3n) is 3.25. The molecule has 1 aromatic heterocycles. The zero-order valence-corrected chi connectivity index (χ0v) is 14.1. The molecule has 1 heterocycles. The maximum atomic E-state index is 12.0. The SMILES string of the molecule is COc1c(Cl)cc(/C=N/NC(=O)c2cc3ccccc3o2)cc1Cl. The molecule has 2 aromatic carbocycles. The number of ether oxygens (including phenoxy) is 1. The largest absolute Gasteiger partial charge is 0.494 e. The molecule has 0 saturated carbocycles. The van der Waals surface area contributed by atoms with Crippen LogP contribution in [0.1, 0.15) is 16.1 Å². The fourth-order valence-corrected chi connectivity index (χ4v) is 2.82. The molecule has 0 radical (unpaired) electrons. The highest BCUT2D eigenvalue weighted by molar-refractivity contribution is 6.37. The summed E-state index contributed by atoms with van der Waals surface area (Å²) in [6.45, 7) is 0. The maximum Gasteiger partial charge on any atom is 0.307 e. The minimum Gasteiger partial charge on any atom is -0.494 e. The Balaban J connectivity index is 1.73. The number of carbonyl (C=O) groups is 1. The van der Waals surface area contributed by atoms with Gasteiger partial charge in [-0.2, -0.15) is 5.10 Å². The van der Waals surface area contributed by atoms with Crippen LogP contribution in [0.5, 0.6) is 5.75 Å². The second kappa shape index (κ2) is 6.95. The number of benzene rings is 2. The number of furan rings is 1. The van der Waals surface area contributed by atoms with Gasteiger partial charge in [-0.3, -0.25) is 4.79 Å². The topological polar surface area (TPSA) is 63.8 Å². The number of hydrazone groups is 1. The Morgan fingerprint density at radius 1 is 1.21 bits per heavy atom. The summed E-state index contributed by atoms with van der Waals surface area (Å²) in [6.07, 6.45) is 1.43. The number of para-hydroxylation sites is 1. The third-order valence-corrected chi connectivity index (χ3v) is 3.82. The fourth-order valence-electron chi connectivity index (χ4n) is 2.16. The first kappa shape index (κ1) is 16.4.